The number of hydrogen-bond acceptors (Lipinski definition) is 4. The number of aromatic nitrogens is 3. The van der Waals surface area contributed by atoms with E-state index in [2.05, 4.69) is 5.32 Å². The first-order chi connectivity index (χ1) is 15.6. The SMILES string of the molecule is CCOc1ccc(CNC(=O)c2cc(C3CC3)nc3c2c(C)nn3-c2ccccc2)cc1. The van der Waals surface area contributed by atoms with Crippen molar-refractivity contribution in [3.8, 4) is 11.4 Å². The third-order valence-corrected chi connectivity index (χ3v) is 5.76. The highest BCUT2D eigenvalue weighted by Gasteiger charge is 2.29. The standard InChI is InChI=1S/C26H26N4O2/c1-3-32-21-13-9-18(10-14-21)16-27-26(31)22-15-23(19-11-12-19)28-25-24(22)17(2)29-30(25)20-7-5-4-6-8-20/h4-10,13-15,19H,3,11-12,16H2,1-2H3,(H,27,31). The number of carbonyl (C=O) groups is 1. The van der Waals surface area contributed by atoms with Crippen LogP contribution in [0.15, 0.2) is 60.7 Å². The second kappa shape index (κ2) is 8.46. The molecule has 1 fully saturated rings. The zero-order chi connectivity index (χ0) is 22.1. The van der Waals surface area contributed by atoms with Gasteiger partial charge in [0.2, 0.25) is 0 Å². The van der Waals surface area contributed by atoms with E-state index in [1.165, 1.54) is 0 Å². The van der Waals surface area contributed by atoms with Crippen molar-refractivity contribution in [3.63, 3.8) is 0 Å². The number of ether oxygens (including phenoxy) is 1. The van der Waals surface area contributed by atoms with Crippen molar-refractivity contribution >= 4 is 16.9 Å². The molecule has 0 atom stereocenters. The van der Waals surface area contributed by atoms with Crippen molar-refractivity contribution in [2.24, 2.45) is 0 Å². The van der Waals surface area contributed by atoms with Gasteiger partial charge in [-0.2, -0.15) is 5.10 Å². The van der Waals surface area contributed by atoms with Gasteiger partial charge in [-0.25, -0.2) is 9.67 Å². The van der Waals surface area contributed by atoms with Gasteiger partial charge in [-0.05, 0) is 62.6 Å². The minimum absolute atomic E-state index is 0.108. The Morgan fingerprint density at radius 1 is 1.12 bits per heavy atom. The summed E-state index contributed by atoms with van der Waals surface area (Å²) in [6, 6.07) is 19.7. The molecule has 1 aliphatic carbocycles. The number of nitrogens with zero attached hydrogens (tertiary/aromatic N) is 3. The zero-order valence-electron chi connectivity index (χ0n) is 18.3. The van der Waals surface area contributed by atoms with E-state index in [1.54, 1.807) is 0 Å². The first kappa shape index (κ1) is 20.2. The minimum atomic E-state index is -0.108. The van der Waals surface area contributed by atoms with E-state index in [0.717, 1.165) is 52.3 Å². The Labute approximate surface area is 187 Å². The number of carbonyl (C=O) groups excluding carboxylic acids is 1. The highest BCUT2D eigenvalue weighted by Crippen LogP contribution is 2.40. The van der Waals surface area contributed by atoms with Gasteiger partial charge in [0.15, 0.2) is 5.65 Å². The molecule has 1 saturated carbocycles. The number of amides is 1. The molecule has 6 nitrogen and oxygen atoms in total. The summed E-state index contributed by atoms with van der Waals surface area (Å²) >= 11 is 0. The van der Waals surface area contributed by atoms with Crippen molar-refractivity contribution in [1.82, 2.24) is 20.1 Å². The maximum Gasteiger partial charge on any atom is 0.252 e. The molecule has 0 spiro atoms. The lowest BCUT2D eigenvalue weighted by molar-refractivity contribution is 0.0952. The monoisotopic (exact) mass is 426 g/mol. The number of nitrogens with one attached hydrogen (secondary N) is 1. The maximum absolute atomic E-state index is 13.3. The van der Waals surface area contributed by atoms with Crippen LogP contribution in [0.5, 0.6) is 5.75 Å². The van der Waals surface area contributed by atoms with E-state index in [9.17, 15) is 4.79 Å². The summed E-state index contributed by atoms with van der Waals surface area (Å²) in [5.74, 6) is 1.15. The Morgan fingerprint density at radius 3 is 2.56 bits per heavy atom. The summed E-state index contributed by atoms with van der Waals surface area (Å²) in [6.07, 6.45) is 2.23. The van der Waals surface area contributed by atoms with Crippen LogP contribution in [0.4, 0.5) is 0 Å². The van der Waals surface area contributed by atoms with Gasteiger partial charge in [-0.3, -0.25) is 4.79 Å². The van der Waals surface area contributed by atoms with E-state index in [-0.39, 0.29) is 5.91 Å². The second-order valence-corrected chi connectivity index (χ2v) is 8.16. The van der Waals surface area contributed by atoms with E-state index < -0.39 is 0 Å². The van der Waals surface area contributed by atoms with Crippen LogP contribution in [-0.4, -0.2) is 27.3 Å². The molecular weight excluding hydrogens is 400 g/mol. The predicted molar refractivity (Wildman–Crippen MR) is 124 cm³/mol. The summed E-state index contributed by atoms with van der Waals surface area (Å²) in [5.41, 5.74) is 5.11. The number of para-hydroxylation sites is 1. The molecule has 5 rings (SSSR count). The number of aryl methyl sites for hydroxylation is 1. The molecule has 0 aliphatic heterocycles. The third kappa shape index (κ3) is 3.96. The van der Waals surface area contributed by atoms with Crippen LogP contribution in [-0.2, 0) is 6.54 Å². The molecule has 2 heterocycles. The number of pyridine rings is 1. The van der Waals surface area contributed by atoms with Crippen molar-refractivity contribution in [2.75, 3.05) is 6.61 Å². The van der Waals surface area contributed by atoms with Crippen LogP contribution >= 0.6 is 0 Å². The Morgan fingerprint density at radius 2 is 1.88 bits per heavy atom. The molecular formula is C26H26N4O2. The maximum atomic E-state index is 13.3. The first-order valence-electron chi connectivity index (χ1n) is 11.1. The third-order valence-electron chi connectivity index (χ3n) is 5.76. The van der Waals surface area contributed by atoms with Crippen molar-refractivity contribution in [3.05, 3.63) is 83.2 Å². The number of fused-ring (bicyclic) bond motifs is 1. The molecule has 0 bridgehead atoms. The topological polar surface area (TPSA) is 69.0 Å². The summed E-state index contributed by atoms with van der Waals surface area (Å²) < 4.78 is 7.34. The summed E-state index contributed by atoms with van der Waals surface area (Å²) in [5, 5.41) is 8.61. The molecule has 2 aromatic heterocycles. The van der Waals surface area contributed by atoms with Gasteiger partial charge >= 0.3 is 0 Å². The Hall–Kier alpha value is -3.67. The minimum Gasteiger partial charge on any atom is -0.494 e. The number of hydrogen-bond donors (Lipinski definition) is 1. The lowest BCUT2D eigenvalue weighted by Crippen LogP contribution is -2.23. The molecule has 6 heteroatoms. The smallest absolute Gasteiger partial charge is 0.252 e. The summed E-state index contributed by atoms with van der Waals surface area (Å²) in [7, 11) is 0. The van der Waals surface area contributed by atoms with Crippen LogP contribution in [0.2, 0.25) is 0 Å². The summed E-state index contributed by atoms with van der Waals surface area (Å²) in [6.45, 7) is 4.97. The fourth-order valence-electron chi connectivity index (χ4n) is 3.97. The largest absolute Gasteiger partial charge is 0.494 e. The van der Waals surface area contributed by atoms with E-state index in [0.29, 0.717) is 24.6 Å². The van der Waals surface area contributed by atoms with Crippen molar-refractivity contribution in [1.29, 1.82) is 0 Å². The normalized spacial score (nSPS) is 13.3. The molecule has 1 amide bonds. The van der Waals surface area contributed by atoms with Gasteiger partial charge in [0.1, 0.15) is 5.75 Å². The van der Waals surface area contributed by atoms with Gasteiger partial charge in [0.05, 0.1) is 28.9 Å². The quantitative estimate of drug-likeness (QED) is 0.455. The Kier molecular flexibility index (Phi) is 5.35. The Bertz CT molecular complexity index is 1260. The van der Waals surface area contributed by atoms with Crippen molar-refractivity contribution in [2.45, 2.75) is 39.2 Å². The van der Waals surface area contributed by atoms with Crippen LogP contribution in [0.1, 0.15) is 53.0 Å². The van der Waals surface area contributed by atoms with Gasteiger partial charge in [0.25, 0.3) is 5.91 Å². The number of rotatable bonds is 7. The lowest BCUT2D eigenvalue weighted by atomic mass is 10.1. The zero-order valence-corrected chi connectivity index (χ0v) is 18.3. The fourth-order valence-corrected chi connectivity index (χ4v) is 3.97. The van der Waals surface area contributed by atoms with Gasteiger partial charge < -0.3 is 10.1 Å². The van der Waals surface area contributed by atoms with Crippen LogP contribution < -0.4 is 10.1 Å². The van der Waals surface area contributed by atoms with Gasteiger partial charge in [-0.15, -0.1) is 0 Å². The average molecular weight is 427 g/mol. The fraction of sp³-hybridized carbons (Fsp3) is 0.269. The van der Waals surface area contributed by atoms with Gasteiger partial charge in [-0.1, -0.05) is 30.3 Å². The molecule has 1 aliphatic rings. The molecule has 4 aromatic rings. The highest BCUT2D eigenvalue weighted by atomic mass is 16.5. The summed E-state index contributed by atoms with van der Waals surface area (Å²) in [4.78, 5) is 18.2. The second-order valence-electron chi connectivity index (χ2n) is 8.16. The molecule has 0 unspecified atom stereocenters. The van der Waals surface area contributed by atoms with E-state index in [1.807, 2.05) is 79.2 Å². The van der Waals surface area contributed by atoms with E-state index in [4.69, 9.17) is 14.8 Å². The average Bonchev–Trinajstić information content (AvgIpc) is 3.62. The molecule has 2 aromatic carbocycles. The highest BCUT2D eigenvalue weighted by molar-refractivity contribution is 6.06. The van der Waals surface area contributed by atoms with Crippen LogP contribution in [0.3, 0.4) is 0 Å². The van der Waals surface area contributed by atoms with Gasteiger partial charge in [0, 0.05) is 18.2 Å². The first-order valence-corrected chi connectivity index (χ1v) is 11.1. The molecule has 1 N–H and O–H groups in total. The molecule has 0 radical (unpaired) electrons. The van der Waals surface area contributed by atoms with E-state index >= 15 is 0 Å². The molecule has 32 heavy (non-hydrogen) atoms. The van der Waals surface area contributed by atoms with Crippen LogP contribution in [0, 0.1) is 6.92 Å². The lowest BCUT2D eigenvalue weighted by Gasteiger charge is -2.10. The van der Waals surface area contributed by atoms with Crippen LogP contribution in [0.25, 0.3) is 16.7 Å². The molecule has 162 valence electrons. The van der Waals surface area contributed by atoms with Crippen molar-refractivity contribution < 1.29 is 9.53 Å². The predicted octanol–water partition coefficient (Wildman–Crippen LogP) is 4.94. The number of benzene rings is 2. The molecule has 0 saturated heterocycles. The Balaban J connectivity index is 1.48.